The Balaban J connectivity index is 2.90. The third kappa shape index (κ3) is 3.62. The zero-order valence-corrected chi connectivity index (χ0v) is 10.2. The summed E-state index contributed by atoms with van der Waals surface area (Å²) in [7, 11) is 1.15. The third-order valence-corrected chi connectivity index (χ3v) is 2.30. The van der Waals surface area contributed by atoms with Crippen LogP contribution in [0.4, 0.5) is 13.2 Å². The molecule has 0 aliphatic heterocycles. The normalized spacial score (nSPS) is 13.0. The Hall–Kier alpha value is -1.24. The van der Waals surface area contributed by atoms with E-state index in [0.29, 0.717) is 0 Å². The van der Waals surface area contributed by atoms with Gasteiger partial charge >= 0.3 is 12.1 Å². The van der Waals surface area contributed by atoms with Gasteiger partial charge in [-0.25, -0.2) is 9.18 Å². The predicted molar refractivity (Wildman–Crippen MR) is 57.2 cm³/mol. The lowest BCUT2D eigenvalue weighted by Gasteiger charge is -2.18. The second kappa shape index (κ2) is 5.39. The highest BCUT2D eigenvalue weighted by atomic mass is 79.9. The fraction of sp³-hybridized carbons (Fsp3) is 0.300. The fourth-order valence-electron chi connectivity index (χ4n) is 1.01. The lowest BCUT2D eigenvalue weighted by atomic mass is 10.2. The molecule has 0 aliphatic rings. The molecule has 0 N–H and O–H groups in total. The van der Waals surface area contributed by atoms with Gasteiger partial charge in [-0.1, -0.05) is 6.07 Å². The third-order valence-electron chi connectivity index (χ3n) is 1.76. The molecule has 17 heavy (non-hydrogen) atoms. The van der Waals surface area contributed by atoms with Crippen LogP contribution in [0.5, 0.6) is 5.75 Å². The van der Waals surface area contributed by atoms with Crippen molar-refractivity contribution in [1.82, 2.24) is 0 Å². The minimum atomic E-state index is -4.02. The molecule has 1 atom stereocenters. The fourth-order valence-corrected chi connectivity index (χ4v) is 1.10. The minimum absolute atomic E-state index is 0.0331. The second-order valence-electron chi connectivity index (χ2n) is 2.98. The van der Waals surface area contributed by atoms with E-state index in [1.54, 1.807) is 0 Å². The molecule has 0 heterocycles. The number of hydrogen-bond donors (Lipinski definition) is 0. The van der Waals surface area contributed by atoms with E-state index in [1.165, 1.54) is 18.2 Å². The standard InChI is InChI=1S/C10H8BrF3O3/c1-16-8(15)6-3-2-4-7(5-6)17-10(13,14)9(11)12/h2-5,9H,1H3. The maximum atomic E-state index is 12.9. The van der Waals surface area contributed by atoms with E-state index in [4.69, 9.17) is 0 Å². The Morgan fingerprint density at radius 3 is 2.65 bits per heavy atom. The Morgan fingerprint density at radius 1 is 1.47 bits per heavy atom. The molecular formula is C10H8BrF3O3. The number of halogens is 4. The molecule has 0 spiro atoms. The van der Waals surface area contributed by atoms with Gasteiger partial charge in [0, 0.05) is 0 Å². The monoisotopic (exact) mass is 312 g/mol. The first-order chi connectivity index (χ1) is 7.86. The van der Waals surface area contributed by atoms with Gasteiger partial charge in [0.25, 0.3) is 5.08 Å². The SMILES string of the molecule is COC(=O)c1cccc(OC(F)(F)C(F)Br)c1. The molecule has 0 saturated heterocycles. The second-order valence-corrected chi connectivity index (χ2v) is 3.79. The number of ether oxygens (including phenoxy) is 2. The quantitative estimate of drug-likeness (QED) is 0.633. The summed E-state index contributed by atoms with van der Waals surface area (Å²) >= 11 is 2.08. The van der Waals surface area contributed by atoms with Gasteiger partial charge in [-0.15, -0.1) is 0 Å². The van der Waals surface area contributed by atoms with Crippen molar-refractivity contribution in [1.29, 1.82) is 0 Å². The summed E-state index contributed by atoms with van der Waals surface area (Å²) in [6.45, 7) is 0. The van der Waals surface area contributed by atoms with Gasteiger partial charge in [0.15, 0.2) is 0 Å². The summed E-state index contributed by atoms with van der Waals surface area (Å²) in [6, 6.07) is 4.89. The van der Waals surface area contributed by atoms with Crippen LogP contribution in [0.2, 0.25) is 0 Å². The van der Waals surface area contributed by atoms with Crippen molar-refractivity contribution < 1.29 is 27.4 Å². The number of carbonyl (C=O) groups is 1. The van der Waals surface area contributed by atoms with Gasteiger partial charge in [0.1, 0.15) is 5.75 Å². The Bertz CT molecular complexity index is 410. The van der Waals surface area contributed by atoms with Gasteiger partial charge in [0.05, 0.1) is 12.7 Å². The van der Waals surface area contributed by atoms with Crippen molar-refractivity contribution >= 4 is 21.9 Å². The number of esters is 1. The molecule has 0 aromatic heterocycles. The topological polar surface area (TPSA) is 35.5 Å². The first kappa shape index (κ1) is 13.8. The van der Waals surface area contributed by atoms with Gasteiger partial charge in [-0.2, -0.15) is 8.78 Å². The van der Waals surface area contributed by atoms with Crippen LogP contribution in [0.3, 0.4) is 0 Å². The molecular weight excluding hydrogens is 305 g/mol. The lowest BCUT2D eigenvalue weighted by molar-refractivity contribution is -0.195. The van der Waals surface area contributed by atoms with Crippen LogP contribution < -0.4 is 4.74 Å². The van der Waals surface area contributed by atoms with Gasteiger partial charge in [0.2, 0.25) is 0 Å². The maximum Gasteiger partial charge on any atom is 0.440 e. The molecule has 7 heteroatoms. The van der Waals surface area contributed by atoms with Gasteiger partial charge in [-0.3, -0.25) is 0 Å². The largest absolute Gasteiger partial charge is 0.465 e. The van der Waals surface area contributed by atoms with Crippen LogP contribution in [0, 0.1) is 0 Å². The summed E-state index contributed by atoms with van der Waals surface area (Å²) in [5, 5.41) is -2.64. The van der Waals surface area contributed by atoms with Crippen molar-refractivity contribution in [2.24, 2.45) is 0 Å². The van der Waals surface area contributed by atoms with Crippen molar-refractivity contribution in [2.75, 3.05) is 7.11 Å². The van der Waals surface area contributed by atoms with Crippen molar-refractivity contribution in [3.63, 3.8) is 0 Å². The molecule has 0 saturated carbocycles. The molecule has 94 valence electrons. The molecule has 1 rings (SSSR count). The first-order valence-corrected chi connectivity index (χ1v) is 5.31. The van der Waals surface area contributed by atoms with Crippen molar-refractivity contribution in [3.8, 4) is 5.75 Å². The van der Waals surface area contributed by atoms with Crippen molar-refractivity contribution in [3.05, 3.63) is 29.8 Å². The predicted octanol–water partition coefficient (Wildman–Crippen LogP) is 3.14. The molecule has 1 aromatic rings. The van der Waals surface area contributed by atoms with E-state index < -0.39 is 17.2 Å². The van der Waals surface area contributed by atoms with E-state index in [0.717, 1.165) is 13.2 Å². The molecule has 0 aliphatic carbocycles. The van der Waals surface area contributed by atoms with Crippen LogP contribution in [-0.4, -0.2) is 24.3 Å². The molecule has 0 bridgehead atoms. The van der Waals surface area contributed by atoms with E-state index >= 15 is 0 Å². The smallest absolute Gasteiger partial charge is 0.440 e. The Labute approximate surface area is 104 Å². The summed E-state index contributed by atoms with van der Waals surface area (Å²) < 4.78 is 46.8. The number of benzene rings is 1. The number of methoxy groups -OCH3 is 1. The van der Waals surface area contributed by atoms with Crippen LogP contribution in [0.25, 0.3) is 0 Å². The highest BCUT2D eigenvalue weighted by Crippen LogP contribution is 2.30. The molecule has 1 unspecified atom stereocenters. The number of hydrogen-bond acceptors (Lipinski definition) is 3. The summed E-state index contributed by atoms with van der Waals surface area (Å²) in [5.41, 5.74) is 0.0331. The summed E-state index contributed by atoms with van der Waals surface area (Å²) in [6.07, 6.45) is -4.02. The number of rotatable bonds is 4. The minimum Gasteiger partial charge on any atom is -0.465 e. The van der Waals surface area contributed by atoms with Gasteiger partial charge < -0.3 is 9.47 Å². The highest BCUT2D eigenvalue weighted by Gasteiger charge is 2.41. The van der Waals surface area contributed by atoms with E-state index in [1.807, 2.05) is 0 Å². The summed E-state index contributed by atoms with van der Waals surface area (Å²) in [5.74, 6) is -1.03. The summed E-state index contributed by atoms with van der Waals surface area (Å²) in [4.78, 5) is 11.1. The molecule has 0 amide bonds. The van der Waals surface area contributed by atoms with Crippen LogP contribution in [-0.2, 0) is 4.74 Å². The number of alkyl halides is 4. The first-order valence-electron chi connectivity index (χ1n) is 4.40. The van der Waals surface area contributed by atoms with Crippen LogP contribution >= 0.6 is 15.9 Å². The molecule has 3 nitrogen and oxygen atoms in total. The Morgan fingerprint density at radius 2 is 2.12 bits per heavy atom. The van der Waals surface area contributed by atoms with Crippen LogP contribution in [0.1, 0.15) is 10.4 Å². The average molecular weight is 313 g/mol. The molecule has 0 fully saturated rings. The highest BCUT2D eigenvalue weighted by molar-refractivity contribution is 9.09. The number of carbonyl (C=O) groups excluding carboxylic acids is 1. The zero-order valence-electron chi connectivity index (χ0n) is 8.62. The van der Waals surface area contributed by atoms with E-state index in [9.17, 15) is 18.0 Å². The molecule has 1 aromatic carbocycles. The molecule has 0 radical (unpaired) electrons. The van der Waals surface area contributed by atoms with E-state index in [-0.39, 0.29) is 11.3 Å². The Kier molecular flexibility index (Phi) is 4.39. The maximum absolute atomic E-state index is 12.9. The van der Waals surface area contributed by atoms with E-state index in [2.05, 4.69) is 25.4 Å². The lowest BCUT2D eigenvalue weighted by Crippen LogP contribution is -2.32. The zero-order chi connectivity index (χ0) is 13.1. The van der Waals surface area contributed by atoms with Crippen molar-refractivity contribution in [2.45, 2.75) is 11.2 Å². The van der Waals surface area contributed by atoms with Crippen LogP contribution in [0.15, 0.2) is 24.3 Å². The average Bonchev–Trinajstić information content (AvgIpc) is 2.27. The van der Waals surface area contributed by atoms with Gasteiger partial charge in [-0.05, 0) is 34.1 Å².